The van der Waals surface area contributed by atoms with E-state index in [0.717, 1.165) is 0 Å². The van der Waals surface area contributed by atoms with Gasteiger partial charge in [-0.1, -0.05) is 13.8 Å². The van der Waals surface area contributed by atoms with E-state index in [1.165, 1.54) is 0 Å². The highest BCUT2D eigenvalue weighted by molar-refractivity contribution is 7.79. The summed E-state index contributed by atoms with van der Waals surface area (Å²) in [6.45, 7) is 3.85. The van der Waals surface area contributed by atoms with Gasteiger partial charge in [-0.05, 0) is 12.3 Å². The van der Waals surface area contributed by atoms with E-state index in [-0.39, 0.29) is 0 Å². The van der Waals surface area contributed by atoms with Gasteiger partial charge in [-0.25, -0.2) is 0 Å². The van der Waals surface area contributed by atoms with E-state index in [0.29, 0.717) is 6.04 Å². The van der Waals surface area contributed by atoms with Gasteiger partial charge < -0.3 is 5.73 Å². The molecule has 0 heterocycles. The van der Waals surface area contributed by atoms with Gasteiger partial charge in [0.05, 0.1) is 0 Å². The largest absolute Gasteiger partial charge is 0.328 e. The van der Waals surface area contributed by atoms with Gasteiger partial charge in [-0.3, -0.25) is 0 Å². The molecule has 0 radical (unpaired) electrons. The number of hydrogen-bond acceptors (Lipinski definition) is 2. The van der Waals surface area contributed by atoms with Crippen molar-refractivity contribution >= 4 is 12.6 Å². The topological polar surface area (TPSA) is 26.0 Å². The Morgan fingerprint density at radius 2 is 1.83 bits per heavy atom. The molecule has 1 nitrogen and oxygen atoms in total. The Labute approximate surface area is 46.8 Å². The van der Waals surface area contributed by atoms with E-state index in [1.54, 1.807) is 6.26 Å². The van der Waals surface area contributed by atoms with Crippen molar-refractivity contribution in [1.82, 2.24) is 0 Å². The third kappa shape index (κ3) is 491. The summed E-state index contributed by atoms with van der Waals surface area (Å²) in [4.78, 5) is 0. The molecule has 2 heteroatoms. The Morgan fingerprint density at radius 3 is 1.83 bits per heavy atom. The Hall–Kier alpha value is 0.310. The van der Waals surface area contributed by atoms with Crippen molar-refractivity contribution in [2.24, 2.45) is 5.73 Å². The standard InChI is InChI=1S/C3H9N.CH4S/c1-3(2)4;1-2/h3H,4H2,1-2H3;2H,1H3/i/hT. The van der Waals surface area contributed by atoms with Gasteiger partial charge in [0.15, 0.2) is 0 Å². The van der Waals surface area contributed by atoms with Gasteiger partial charge in [0.25, 0.3) is 0 Å². The van der Waals surface area contributed by atoms with Crippen LogP contribution in [0, 0.1) is 0 Å². The highest BCUT2D eigenvalue weighted by atomic mass is 32.1. The second-order valence-corrected chi connectivity index (χ2v) is 1.15. The fraction of sp³-hybridized carbons (Fsp3) is 1.00. The summed E-state index contributed by atoms with van der Waals surface area (Å²) >= 11 is 3.53. The van der Waals surface area contributed by atoms with E-state index in [2.05, 4.69) is 18.4 Å². The maximum Gasteiger partial charge on any atom is 0.119 e. The van der Waals surface area contributed by atoms with Crippen LogP contribution in [-0.2, 0) is 0 Å². The van der Waals surface area contributed by atoms with Crippen molar-refractivity contribution < 1.29 is 1.41 Å². The lowest BCUT2D eigenvalue weighted by molar-refractivity contribution is 0.834. The quantitative estimate of drug-likeness (QED) is 0.481. The normalized spacial score (nSPS) is 9.17. The predicted molar refractivity (Wildman–Crippen MR) is 34.2 cm³/mol. The van der Waals surface area contributed by atoms with Gasteiger partial charge in [0, 0.05) is 0 Å². The third-order valence-electron chi connectivity index (χ3n) is 0. The van der Waals surface area contributed by atoms with Crippen LogP contribution in [-0.4, -0.2) is 12.3 Å². The predicted octanol–water partition coefficient (Wildman–Crippen LogP) is 0.900. The SMILES string of the molecule is CS.[3H]NC(C)C. The molecular formula is C4H13NS. The lowest BCUT2D eigenvalue weighted by atomic mass is 10.5. The summed E-state index contributed by atoms with van der Waals surface area (Å²) in [6, 6.07) is 0.301. The monoisotopic (exact) mass is 109 g/mol. The van der Waals surface area contributed by atoms with E-state index >= 15 is 0 Å². The van der Waals surface area contributed by atoms with Gasteiger partial charge >= 0.3 is 0 Å². The van der Waals surface area contributed by atoms with Crippen LogP contribution in [0.15, 0.2) is 0 Å². The molecule has 0 aromatic carbocycles. The van der Waals surface area contributed by atoms with Crippen LogP contribution in [0.1, 0.15) is 13.8 Å². The summed E-state index contributed by atoms with van der Waals surface area (Å²) in [7, 11) is 0. The van der Waals surface area contributed by atoms with E-state index in [9.17, 15) is 0 Å². The Bertz CT molecular complexity index is 25.7. The number of thiol groups is 1. The maximum atomic E-state index is 6.41. The Kier molecular flexibility index (Phi) is 9.47. The van der Waals surface area contributed by atoms with Crippen LogP contribution in [0.3, 0.4) is 0 Å². The molecule has 0 bridgehead atoms. The van der Waals surface area contributed by atoms with Crippen molar-refractivity contribution in [3.63, 3.8) is 0 Å². The molecule has 2 N–H and O–H groups in total. The number of nitrogens with two attached hydrogens (primary N) is 1. The molecule has 0 saturated heterocycles. The van der Waals surface area contributed by atoms with E-state index < -0.39 is 0 Å². The lowest BCUT2D eigenvalue weighted by Crippen LogP contribution is -2.06. The minimum Gasteiger partial charge on any atom is -0.328 e. The molecular weight excluding hydrogens is 94.1 g/mol. The average molecular weight is 109 g/mol. The Balaban J connectivity index is 0. The number of hydrogen-bond donors (Lipinski definition) is 2. The molecule has 0 aliphatic carbocycles. The third-order valence-corrected chi connectivity index (χ3v) is 0. The first-order valence-electron chi connectivity index (χ1n) is 2.39. The van der Waals surface area contributed by atoms with Crippen molar-refractivity contribution in [1.29, 1.82) is 0 Å². The lowest BCUT2D eigenvalue weighted by Gasteiger charge is -1.81. The summed E-state index contributed by atoms with van der Waals surface area (Å²) < 4.78 is 6.41. The fourth-order valence-corrected chi connectivity index (χ4v) is 0. The molecule has 0 aromatic heterocycles. The van der Waals surface area contributed by atoms with Gasteiger partial charge in [-0.2, -0.15) is 12.6 Å². The summed E-state index contributed by atoms with van der Waals surface area (Å²) in [5, 5.41) is 0. The minimum absolute atomic E-state index is 0.301. The first-order valence-corrected chi connectivity index (χ1v) is 2.79. The van der Waals surface area contributed by atoms with Crippen molar-refractivity contribution in [3.05, 3.63) is 0 Å². The second-order valence-electron chi connectivity index (χ2n) is 1.15. The highest BCUT2D eigenvalue weighted by Crippen LogP contribution is 1.58. The molecule has 6 heavy (non-hydrogen) atoms. The first kappa shape index (κ1) is 6.31. The van der Waals surface area contributed by atoms with Crippen LogP contribution in [0.25, 0.3) is 0 Å². The molecule has 0 aromatic rings. The molecule has 0 amide bonds. The molecule has 0 unspecified atom stereocenters. The molecule has 0 spiro atoms. The molecule has 0 atom stereocenters. The zero-order valence-corrected chi connectivity index (χ0v) is 5.42. The van der Waals surface area contributed by atoms with Crippen LogP contribution < -0.4 is 5.73 Å². The maximum absolute atomic E-state index is 6.41. The molecule has 0 fully saturated rings. The highest BCUT2D eigenvalue weighted by Gasteiger charge is 1.67. The summed E-state index contributed by atoms with van der Waals surface area (Å²) in [5.74, 6) is 0. The minimum atomic E-state index is 0.301. The molecule has 40 valence electrons. The van der Waals surface area contributed by atoms with Crippen LogP contribution in [0.4, 0.5) is 0 Å². The summed E-state index contributed by atoms with van der Waals surface area (Å²) in [5.41, 5.74) is 2.28. The zero-order chi connectivity index (χ0) is 6.28. The van der Waals surface area contributed by atoms with Crippen LogP contribution in [0.5, 0.6) is 0 Å². The number of rotatable bonds is 1. The fourth-order valence-electron chi connectivity index (χ4n) is 0. The first-order chi connectivity index (χ1) is 3.27. The second kappa shape index (κ2) is 9.00. The molecule has 0 aliphatic heterocycles. The Morgan fingerprint density at radius 1 is 1.67 bits per heavy atom. The van der Waals surface area contributed by atoms with E-state index in [4.69, 9.17) is 1.41 Å². The van der Waals surface area contributed by atoms with Gasteiger partial charge in [0.1, 0.15) is 1.41 Å². The van der Waals surface area contributed by atoms with E-state index in [1.807, 2.05) is 13.8 Å². The summed E-state index contributed by atoms with van der Waals surface area (Å²) in [6.07, 6.45) is 1.69. The van der Waals surface area contributed by atoms with Gasteiger partial charge in [0.2, 0.25) is 0 Å². The van der Waals surface area contributed by atoms with Crippen molar-refractivity contribution in [3.8, 4) is 0 Å². The van der Waals surface area contributed by atoms with Crippen molar-refractivity contribution in [2.75, 3.05) is 6.26 Å². The smallest absolute Gasteiger partial charge is 0.119 e. The average Bonchev–Trinajstić information content (AvgIpc) is 1.73. The van der Waals surface area contributed by atoms with Crippen LogP contribution >= 0.6 is 12.6 Å². The molecule has 0 aliphatic rings. The molecule has 0 saturated carbocycles. The van der Waals surface area contributed by atoms with Crippen LogP contribution in [0.2, 0.25) is 1.41 Å². The van der Waals surface area contributed by atoms with Crippen molar-refractivity contribution in [2.45, 2.75) is 19.9 Å². The zero-order valence-electron chi connectivity index (χ0n) is 5.52. The molecule has 0 rings (SSSR count). The van der Waals surface area contributed by atoms with Gasteiger partial charge in [-0.15, -0.1) is 0 Å².